The van der Waals surface area contributed by atoms with E-state index in [4.69, 9.17) is 4.74 Å². The van der Waals surface area contributed by atoms with Crippen molar-refractivity contribution in [3.8, 4) is 0 Å². The van der Waals surface area contributed by atoms with Gasteiger partial charge in [0.15, 0.2) is 0 Å². The number of carbonyl (C=O) groups is 1. The van der Waals surface area contributed by atoms with Crippen molar-refractivity contribution in [3.63, 3.8) is 0 Å². The zero-order valence-corrected chi connectivity index (χ0v) is 8.89. The van der Waals surface area contributed by atoms with Gasteiger partial charge in [0, 0.05) is 0 Å². The average molecular weight is 185 g/mol. The molecule has 3 nitrogen and oxygen atoms in total. The highest BCUT2D eigenvalue weighted by molar-refractivity contribution is 5.76. The molecule has 1 heterocycles. The number of carbonyl (C=O) groups excluding carboxylic acids is 1. The van der Waals surface area contributed by atoms with Crippen LogP contribution < -0.4 is 5.32 Å². The Kier molecular flexibility index (Phi) is 2.96. The second-order valence-corrected chi connectivity index (χ2v) is 4.84. The van der Waals surface area contributed by atoms with Crippen LogP contribution in [0.5, 0.6) is 0 Å². The normalized spacial score (nSPS) is 28.9. The van der Waals surface area contributed by atoms with Crippen LogP contribution in [-0.4, -0.2) is 24.2 Å². The van der Waals surface area contributed by atoms with Crippen LogP contribution in [0, 0.1) is 5.92 Å². The Morgan fingerprint density at radius 3 is 2.46 bits per heavy atom. The van der Waals surface area contributed by atoms with E-state index < -0.39 is 0 Å². The molecule has 2 atom stereocenters. The SMILES string of the molecule is C[C@H]1CN[C@H](C(=O)OC(C)(C)C)C1. The largest absolute Gasteiger partial charge is 0.459 e. The first kappa shape index (κ1) is 10.5. The lowest BCUT2D eigenvalue weighted by Gasteiger charge is -2.22. The van der Waals surface area contributed by atoms with Crippen molar-refractivity contribution in [2.45, 2.75) is 45.8 Å². The number of nitrogens with one attached hydrogen (secondary N) is 1. The Morgan fingerprint density at radius 2 is 2.08 bits per heavy atom. The highest BCUT2D eigenvalue weighted by atomic mass is 16.6. The van der Waals surface area contributed by atoms with Crippen LogP contribution in [0.2, 0.25) is 0 Å². The molecule has 0 aromatic rings. The molecule has 0 saturated carbocycles. The lowest BCUT2D eigenvalue weighted by Crippen LogP contribution is -2.37. The van der Waals surface area contributed by atoms with Crippen LogP contribution in [0.25, 0.3) is 0 Å². The predicted molar refractivity (Wildman–Crippen MR) is 51.4 cm³/mol. The fourth-order valence-corrected chi connectivity index (χ4v) is 1.46. The van der Waals surface area contributed by atoms with Gasteiger partial charge in [-0.3, -0.25) is 4.79 Å². The predicted octanol–water partition coefficient (Wildman–Crippen LogP) is 1.33. The molecule has 1 N–H and O–H groups in total. The topological polar surface area (TPSA) is 38.3 Å². The first-order valence-corrected chi connectivity index (χ1v) is 4.85. The summed E-state index contributed by atoms with van der Waals surface area (Å²) >= 11 is 0. The lowest BCUT2D eigenvalue weighted by atomic mass is 10.1. The van der Waals surface area contributed by atoms with Crippen molar-refractivity contribution in [2.75, 3.05) is 6.54 Å². The number of rotatable bonds is 1. The first-order chi connectivity index (χ1) is 5.88. The summed E-state index contributed by atoms with van der Waals surface area (Å²) in [6.07, 6.45) is 0.898. The van der Waals surface area contributed by atoms with Crippen molar-refractivity contribution in [3.05, 3.63) is 0 Å². The van der Waals surface area contributed by atoms with Crippen molar-refractivity contribution < 1.29 is 9.53 Å². The number of esters is 1. The Balaban J connectivity index is 2.41. The van der Waals surface area contributed by atoms with E-state index >= 15 is 0 Å². The van der Waals surface area contributed by atoms with E-state index in [1.807, 2.05) is 20.8 Å². The van der Waals surface area contributed by atoms with Gasteiger partial charge >= 0.3 is 5.97 Å². The van der Waals surface area contributed by atoms with Crippen LogP contribution in [0.15, 0.2) is 0 Å². The quantitative estimate of drug-likeness (QED) is 0.626. The smallest absolute Gasteiger partial charge is 0.323 e. The highest BCUT2D eigenvalue weighted by Gasteiger charge is 2.30. The molecule has 1 fully saturated rings. The maximum absolute atomic E-state index is 11.5. The number of hydrogen-bond donors (Lipinski definition) is 1. The van der Waals surface area contributed by atoms with E-state index in [-0.39, 0.29) is 17.6 Å². The molecule has 0 aromatic carbocycles. The van der Waals surface area contributed by atoms with Crippen LogP contribution in [0.3, 0.4) is 0 Å². The van der Waals surface area contributed by atoms with Crippen LogP contribution >= 0.6 is 0 Å². The van der Waals surface area contributed by atoms with Gasteiger partial charge in [-0.05, 0) is 39.7 Å². The maximum atomic E-state index is 11.5. The Morgan fingerprint density at radius 1 is 1.46 bits per heavy atom. The van der Waals surface area contributed by atoms with E-state index in [0.29, 0.717) is 5.92 Å². The Bertz CT molecular complexity index is 196. The summed E-state index contributed by atoms with van der Waals surface area (Å²) in [7, 11) is 0. The summed E-state index contributed by atoms with van der Waals surface area (Å²) in [6.45, 7) is 8.73. The molecular formula is C10H19NO2. The molecule has 0 bridgehead atoms. The molecule has 13 heavy (non-hydrogen) atoms. The van der Waals surface area contributed by atoms with E-state index in [1.165, 1.54) is 0 Å². The third-order valence-corrected chi connectivity index (χ3v) is 2.04. The summed E-state index contributed by atoms with van der Waals surface area (Å²) in [4.78, 5) is 11.5. The molecule has 3 heteroatoms. The number of ether oxygens (including phenoxy) is 1. The van der Waals surface area contributed by atoms with Crippen molar-refractivity contribution in [2.24, 2.45) is 5.92 Å². The second kappa shape index (κ2) is 3.66. The van der Waals surface area contributed by atoms with E-state index in [0.717, 1.165) is 13.0 Å². The first-order valence-electron chi connectivity index (χ1n) is 4.85. The van der Waals surface area contributed by atoms with Gasteiger partial charge in [-0.15, -0.1) is 0 Å². The molecule has 1 aliphatic rings. The van der Waals surface area contributed by atoms with Crippen LogP contribution in [-0.2, 0) is 9.53 Å². The molecule has 0 aromatic heterocycles. The molecular weight excluding hydrogens is 166 g/mol. The molecule has 1 saturated heterocycles. The van der Waals surface area contributed by atoms with Crippen LogP contribution in [0.1, 0.15) is 34.1 Å². The summed E-state index contributed by atoms with van der Waals surface area (Å²) < 4.78 is 5.27. The van der Waals surface area contributed by atoms with Crippen molar-refractivity contribution >= 4 is 5.97 Å². The molecule has 1 rings (SSSR count). The fraction of sp³-hybridized carbons (Fsp3) is 0.900. The molecule has 0 aliphatic carbocycles. The molecule has 0 radical (unpaired) electrons. The molecule has 0 spiro atoms. The van der Waals surface area contributed by atoms with Gasteiger partial charge in [-0.25, -0.2) is 0 Å². The zero-order chi connectivity index (χ0) is 10.1. The second-order valence-electron chi connectivity index (χ2n) is 4.84. The lowest BCUT2D eigenvalue weighted by molar-refractivity contribution is -0.157. The van der Waals surface area contributed by atoms with Gasteiger partial charge in [-0.2, -0.15) is 0 Å². The number of hydrogen-bond acceptors (Lipinski definition) is 3. The zero-order valence-electron chi connectivity index (χ0n) is 8.89. The van der Waals surface area contributed by atoms with Gasteiger partial charge in [-0.1, -0.05) is 6.92 Å². The third-order valence-electron chi connectivity index (χ3n) is 2.04. The van der Waals surface area contributed by atoms with Gasteiger partial charge in [0.25, 0.3) is 0 Å². The maximum Gasteiger partial charge on any atom is 0.323 e. The Labute approximate surface area is 79.8 Å². The van der Waals surface area contributed by atoms with E-state index in [9.17, 15) is 4.79 Å². The average Bonchev–Trinajstić information content (AvgIpc) is 2.31. The molecule has 76 valence electrons. The minimum atomic E-state index is -0.370. The highest BCUT2D eigenvalue weighted by Crippen LogP contribution is 2.16. The third kappa shape index (κ3) is 3.35. The minimum absolute atomic E-state index is 0.0887. The van der Waals surface area contributed by atoms with Crippen molar-refractivity contribution in [1.82, 2.24) is 5.32 Å². The minimum Gasteiger partial charge on any atom is -0.459 e. The van der Waals surface area contributed by atoms with Gasteiger partial charge in [0.2, 0.25) is 0 Å². The summed E-state index contributed by atoms with van der Waals surface area (Å²) in [5, 5.41) is 3.15. The summed E-state index contributed by atoms with van der Waals surface area (Å²) in [6, 6.07) is -0.0887. The molecule has 0 unspecified atom stereocenters. The van der Waals surface area contributed by atoms with Gasteiger partial charge < -0.3 is 10.1 Å². The molecule has 1 aliphatic heterocycles. The Hall–Kier alpha value is -0.570. The van der Waals surface area contributed by atoms with Crippen molar-refractivity contribution in [1.29, 1.82) is 0 Å². The monoisotopic (exact) mass is 185 g/mol. The van der Waals surface area contributed by atoms with Crippen LogP contribution in [0.4, 0.5) is 0 Å². The summed E-state index contributed by atoms with van der Waals surface area (Å²) in [5.74, 6) is 0.467. The fourth-order valence-electron chi connectivity index (χ4n) is 1.46. The van der Waals surface area contributed by atoms with Gasteiger partial charge in [0.05, 0.1) is 0 Å². The summed E-state index contributed by atoms with van der Waals surface area (Å²) in [5.41, 5.74) is -0.370. The van der Waals surface area contributed by atoms with E-state index in [1.54, 1.807) is 0 Å². The molecule has 0 amide bonds. The van der Waals surface area contributed by atoms with Gasteiger partial charge in [0.1, 0.15) is 11.6 Å². The standard InChI is InChI=1S/C10H19NO2/c1-7-5-8(11-6-7)9(12)13-10(2,3)4/h7-8,11H,5-6H2,1-4H3/t7-,8+/m1/s1. The van der Waals surface area contributed by atoms with E-state index in [2.05, 4.69) is 12.2 Å².